The molecule has 2 aromatic carbocycles. The van der Waals surface area contributed by atoms with E-state index >= 15 is 0 Å². The van der Waals surface area contributed by atoms with Crippen LogP contribution in [-0.2, 0) is 4.79 Å². The van der Waals surface area contributed by atoms with Gasteiger partial charge < -0.3 is 0 Å². The normalized spacial score (nSPS) is 14.1. The van der Waals surface area contributed by atoms with Crippen LogP contribution < -0.4 is 0 Å². The van der Waals surface area contributed by atoms with E-state index in [4.69, 9.17) is 0 Å². The molecule has 1 aliphatic heterocycles. The molecule has 4 heteroatoms. The third-order valence-electron chi connectivity index (χ3n) is 3.33. The quantitative estimate of drug-likeness (QED) is 0.733. The number of nitrogens with zero attached hydrogens (tertiary/aromatic N) is 1. The average molecular weight is 253 g/mol. The first-order chi connectivity index (χ1) is 9.15. The Kier molecular flexibility index (Phi) is 2.45. The highest BCUT2D eigenvalue weighted by molar-refractivity contribution is 6.32. The smallest absolute Gasteiger partial charge is 0.269 e. The van der Waals surface area contributed by atoms with Crippen molar-refractivity contribution in [1.82, 2.24) is 4.90 Å². The molecule has 0 aromatic heterocycles. The highest BCUT2D eigenvalue weighted by Crippen LogP contribution is 2.30. The lowest BCUT2D eigenvalue weighted by molar-refractivity contribution is -0.125. The van der Waals surface area contributed by atoms with Crippen LogP contribution in [0.25, 0.3) is 10.8 Å². The van der Waals surface area contributed by atoms with Crippen LogP contribution in [0.1, 0.15) is 34.1 Å². The molecule has 0 bridgehead atoms. The van der Waals surface area contributed by atoms with Gasteiger partial charge in [0, 0.05) is 6.42 Å². The van der Waals surface area contributed by atoms with Gasteiger partial charge >= 0.3 is 0 Å². The molecule has 1 heterocycles. The summed E-state index contributed by atoms with van der Waals surface area (Å²) in [4.78, 5) is 36.9. The molecule has 3 amide bonds. The first-order valence-electron chi connectivity index (χ1n) is 6.08. The molecule has 1 aliphatic rings. The number of fused-ring (bicyclic) bond motifs is 3. The predicted molar refractivity (Wildman–Crippen MR) is 69.7 cm³/mol. The Morgan fingerprint density at radius 2 is 1.79 bits per heavy atom. The SMILES string of the molecule is CCC(=O)N1C(=O)c2ccc3ccccc3c2C1=O. The summed E-state index contributed by atoms with van der Waals surface area (Å²) in [6.45, 7) is 1.63. The van der Waals surface area contributed by atoms with Gasteiger partial charge in [0.15, 0.2) is 0 Å². The van der Waals surface area contributed by atoms with Gasteiger partial charge in [-0.2, -0.15) is 0 Å². The predicted octanol–water partition coefficient (Wildman–Crippen LogP) is 2.37. The van der Waals surface area contributed by atoms with E-state index < -0.39 is 17.7 Å². The molecule has 0 saturated carbocycles. The third-order valence-corrected chi connectivity index (χ3v) is 3.33. The van der Waals surface area contributed by atoms with Crippen LogP contribution in [-0.4, -0.2) is 22.6 Å². The number of hydrogen-bond donors (Lipinski definition) is 0. The number of rotatable bonds is 1. The number of carbonyl (C=O) groups excluding carboxylic acids is 3. The zero-order valence-corrected chi connectivity index (χ0v) is 10.3. The van der Waals surface area contributed by atoms with Crippen molar-refractivity contribution in [1.29, 1.82) is 0 Å². The fourth-order valence-electron chi connectivity index (χ4n) is 2.39. The molecule has 0 saturated heterocycles. The summed E-state index contributed by atoms with van der Waals surface area (Å²) < 4.78 is 0. The molecule has 4 nitrogen and oxygen atoms in total. The number of benzene rings is 2. The molecule has 0 fully saturated rings. The van der Waals surface area contributed by atoms with Crippen molar-refractivity contribution in [2.24, 2.45) is 0 Å². The number of imide groups is 3. The lowest BCUT2D eigenvalue weighted by Gasteiger charge is -2.09. The summed E-state index contributed by atoms with van der Waals surface area (Å²) in [6.07, 6.45) is 0.128. The topological polar surface area (TPSA) is 54.5 Å². The average Bonchev–Trinajstić information content (AvgIpc) is 2.70. The van der Waals surface area contributed by atoms with Crippen LogP contribution in [0.2, 0.25) is 0 Å². The minimum absolute atomic E-state index is 0.128. The maximum atomic E-state index is 12.3. The number of hydrogen-bond acceptors (Lipinski definition) is 3. The van der Waals surface area contributed by atoms with Gasteiger partial charge in [0.25, 0.3) is 11.8 Å². The monoisotopic (exact) mass is 253 g/mol. The Morgan fingerprint density at radius 3 is 2.53 bits per heavy atom. The molecule has 0 radical (unpaired) electrons. The standard InChI is InChI=1S/C15H11NO3/c1-2-12(17)16-14(18)11-8-7-9-5-3-4-6-10(9)13(11)15(16)19/h3-8H,2H2,1H3. The Morgan fingerprint density at radius 1 is 1.05 bits per heavy atom. The van der Waals surface area contributed by atoms with Gasteiger partial charge in [0.1, 0.15) is 0 Å². The summed E-state index contributed by atoms with van der Waals surface area (Å²) in [5.41, 5.74) is 0.649. The first kappa shape index (κ1) is 11.6. The van der Waals surface area contributed by atoms with Crippen LogP contribution in [0.15, 0.2) is 36.4 Å². The number of amides is 3. The molecule has 0 aliphatic carbocycles. The minimum Gasteiger partial charge on any atom is -0.274 e. The molecule has 19 heavy (non-hydrogen) atoms. The van der Waals surface area contributed by atoms with Crippen molar-refractivity contribution in [3.05, 3.63) is 47.5 Å². The van der Waals surface area contributed by atoms with Crippen molar-refractivity contribution in [2.75, 3.05) is 0 Å². The highest BCUT2D eigenvalue weighted by Gasteiger charge is 2.40. The summed E-state index contributed by atoms with van der Waals surface area (Å²) >= 11 is 0. The van der Waals surface area contributed by atoms with Gasteiger partial charge in [0.05, 0.1) is 11.1 Å². The molecule has 2 aromatic rings. The van der Waals surface area contributed by atoms with E-state index in [9.17, 15) is 14.4 Å². The van der Waals surface area contributed by atoms with Crippen LogP contribution in [0.5, 0.6) is 0 Å². The van der Waals surface area contributed by atoms with Crippen molar-refractivity contribution in [3.63, 3.8) is 0 Å². The van der Waals surface area contributed by atoms with Crippen LogP contribution in [0.4, 0.5) is 0 Å². The van der Waals surface area contributed by atoms with E-state index in [-0.39, 0.29) is 6.42 Å². The second-order valence-electron chi connectivity index (χ2n) is 4.40. The second-order valence-corrected chi connectivity index (χ2v) is 4.40. The maximum absolute atomic E-state index is 12.3. The van der Waals surface area contributed by atoms with Crippen molar-refractivity contribution in [3.8, 4) is 0 Å². The summed E-state index contributed by atoms with van der Waals surface area (Å²) in [6, 6.07) is 10.7. The van der Waals surface area contributed by atoms with Crippen molar-refractivity contribution in [2.45, 2.75) is 13.3 Å². The molecule has 0 N–H and O–H groups in total. The van der Waals surface area contributed by atoms with Crippen LogP contribution >= 0.6 is 0 Å². The largest absolute Gasteiger partial charge is 0.274 e. The molecular formula is C15H11NO3. The van der Waals surface area contributed by atoms with Gasteiger partial charge in [0.2, 0.25) is 5.91 Å². The minimum atomic E-state index is -0.516. The van der Waals surface area contributed by atoms with E-state index in [1.54, 1.807) is 25.1 Å². The fraction of sp³-hybridized carbons (Fsp3) is 0.133. The molecular weight excluding hydrogens is 242 g/mol. The lowest BCUT2D eigenvalue weighted by Crippen LogP contribution is -2.35. The van der Waals surface area contributed by atoms with Gasteiger partial charge in [-0.1, -0.05) is 37.3 Å². The fourth-order valence-corrected chi connectivity index (χ4v) is 2.39. The van der Waals surface area contributed by atoms with Gasteiger partial charge in [-0.15, -0.1) is 0 Å². The van der Waals surface area contributed by atoms with Crippen molar-refractivity contribution >= 4 is 28.5 Å². The van der Waals surface area contributed by atoms with Crippen LogP contribution in [0, 0.1) is 0 Å². The Hall–Kier alpha value is -2.49. The first-order valence-corrected chi connectivity index (χ1v) is 6.08. The van der Waals surface area contributed by atoms with Gasteiger partial charge in [-0.3, -0.25) is 14.4 Å². The van der Waals surface area contributed by atoms with E-state index in [2.05, 4.69) is 0 Å². The Labute approximate surface area is 109 Å². The van der Waals surface area contributed by atoms with Gasteiger partial charge in [-0.05, 0) is 16.8 Å². The Balaban J connectivity index is 2.28. The maximum Gasteiger partial charge on any atom is 0.269 e. The molecule has 0 atom stereocenters. The Bertz CT molecular complexity index is 733. The summed E-state index contributed by atoms with van der Waals surface area (Å²) in [5, 5.41) is 1.60. The zero-order chi connectivity index (χ0) is 13.6. The van der Waals surface area contributed by atoms with Crippen molar-refractivity contribution < 1.29 is 14.4 Å². The van der Waals surface area contributed by atoms with Crippen LogP contribution in [0.3, 0.4) is 0 Å². The van der Waals surface area contributed by atoms with E-state index in [0.717, 1.165) is 10.3 Å². The molecule has 0 spiro atoms. The molecule has 0 unspecified atom stereocenters. The van der Waals surface area contributed by atoms with E-state index in [0.29, 0.717) is 16.5 Å². The second kappa shape index (κ2) is 4.02. The molecule has 94 valence electrons. The summed E-state index contributed by atoms with van der Waals surface area (Å²) in [7, 11) is 0. The lowest BCUT2D eigenvalue weighted by atomic mass is 10.0. The highest BCUT2D eigenvalue weighted by atomic mass is 16.2. The molecule has 3 rings (SSSR count). The van der Waals surface area contributed by atoms with E-state index in [1.807, 2.05) is 18.2 Å². The third kappa shape index (κ3) is 1.50. The number of carbonyl (C=O) groups is 3. The summed E-state index contributed by atoms with van der Waals surface area (Å²) in [5.74, 6) is -1.49. The zero-order valence-electron chi connectivity index (χ0n) is 10.3. The van der Waals surface area contributed by atoms with E-state index in [1.165, 1.54) is 0 Å². The van der Waals surface area contributed by atoms with Gasteiger partial charge in [-0.25, -0.2) is 4.90 Å².